The van der Waals surface area contributed by atoms with Gasteiger partial charge in [0.15, 0.2) is 11.5 Å². The number of rotatable bonds is 8. The molecule has 0 aliphatic rings. The van der Waals surface area contributed by atoms with Crippen molar-refractivity contribution in [1.82, 2.24) is 5.32 Å². The topological polar surface area (TPSA) is 50.7 Å². The normalized spacial score (nSPS) is 11.8. The van der Waals surface area contributed by atoms with Gasteiger partial charge in [0.2, 0.25) is 0 Å². The molecule has 0 unspecified atom stereocenters. The molecule has 1 aromatic rings. The van der Waals surface area contributed by atoms with E-state index in [0.717, 1.165) is 0 Å². The zero-order valence-electron chi connectivity index (χ0n) is 12.0. The van der Waals surface area contributed by atoms with Crippen molar-refractivity contribution in [2.45, 2.75) is 39.5 Å². The Kier molecular flexibility index (Phi) is 6.16. The van der Waals surface area contributed by atoms with Gasteiger partial charge in [-0.15, -0.1) is 0 Å². The monoisotopic (exact) mass is 289 g/mol. The molecule has 0 aliphatic heterocycles. The van der Waals surface area contributed by atoms with Gasteiger partial charge in [-0.05, 0) is 26.8 Å². The van der Waals surface area contributed by atoms with Gasteiger partial charge in [0.25, 0.3) is 0 Å². The summed E-state index contributed by atoms with van der Waals surface area (Å²) in [5.41, 5.74) is -0.318. The number of hydrogen-bond donors (Lipinski definition) is 2. The zero-order chi connectivity index (χ0) is 15.2. The van der Waals surface area contributed by atoms with Crippen LogP contribution in [0, 0.1) is 0 Å². The van der Waals surface area contributed by atoms with E-state index in [0.29, 0.717) is 25.3 Å². The molecule has 114 valence electrons. The summed E-state index contributed by atoms with van der Waals surface area (Å²) in [6.45, 7) is 3.17. The standard InChI is InChI=1S/C14H21F2NO3/c1-4-19-11-7-5-6-10(12(11)20-13(15)16)8-17-9-14(2,3)18/h5-7,13,17-18H,4,8-9H2,1-3H3. The molecule has 0 aliphatic carbocycles. The van der Waals surface area contributed by atoms with Crippen LogP contribution in [0.4, 0.5) is 8.78 Å². The van der Waals surface area contributed by atoms with Crippen LogP contribution in [0.3, 0.4) is 0 Å². The third-order valence-corrected chi connectivity index (χ3v) is 2.44. The summed E-state index contributed by atoms with van der Waals surface area (Å²) in [6.07, 6.45) is 0. The third-order valence-electron chi connectivity index (χ3n) is 2.44. The van der Waals surface area contributed by atoms with Gasteiger partial charge in [-0.1, -0.05) is 12.1 Å². The lowest BCUT2D eigenvalue weighted by molar-refractivity contribution is -0.0521. The lowest BCUT2D eigenvalue weighted by Gasteiger charge is -2.19. The van der Waals surface area contributed by atoms with Crippen LogP contribution in [0.25, 0.3) is 0 Å². The Balaban J connectivity index is 2.84. The predicted molar refractivity (Wildman–Crippen MR) is 72.2 cm³/mol. The molecule has 1 aromatic carbocycles. The molecule has 1 rings (SSSR count). The van der Waals surface area contributed by atoms with Gasteiger partial charge in [0, 0.05) is 18.7 Å². The van der Waals surface area contributed by atoms with Crippen molar-refractivity contribution >= 4 is 0 Å². The van der Waals surface area contributed by atoms with E-state index in [4.69, 9.17) is 4.74 Å². The van der Waals surface area contributed by atoms with Crippen molar-refractivity contribution in [2.24, 2.45) is 0 Å². The van der Waals surface area contributed by atoms with E-state index in [-0.39, 0.29) is 11.5 Å². The van der Waals surface area contributed by atoms with E-state index in [9.17, 15) is 13.9 Å². The van der Waals surface area contributed by atoms with Crippen molar-refractivity contribution in [3.8, 4) is 11.5 Å². The molecular weight excluding hydrogens is 268 g/mol. The Labute approximate surface area is 117 Å². The number of hydrogen-bond acceptors (Lipinski definition) is 4. The van der Waals surface area contributed by atoms with Crippen LogP contribution in [0.2, 0.25) is 0 Å². The van der Waals surface area contributed by atoms with E-state index >= 15 is 0 Å². The Morgan fingerprint density at radius 2 is 2.05 bits per heavy atom. The summed E-state index contributed by atoms with van der Waals surface area (Å²) in [6, 6.07) is 4.97. The molecular formula is C14H21F2NO3. The quantitative estimate of drug-likeness (QED) is 0.772. The number of halogens is 2. The second-order valence-electron chi connectivity index (χ2n) is 4.97. The highest BCUT2D eigenvalue weighted by atomic mass is 19.3. The maximum atomic E-state index is 12.5. The lowest BCUT2D eigenvalue weighted by atomic mass is 10.1. The molecule has 0 saturated heterocycles. The average molecular weight is 289 g/mol. The molecule has 0 amide bonds. The molecule has 0 spiro atoms. The van der Waals surface area contributed by atoms with Crippen molar-refractivity contribution in [3.63, 3.8) is 0 Å². The summed E-state index contributed by atoms with van der Waals surface area (Å²) >= 11 is 0. The van der Waals surface area contributed by atoms with Crippen LogP contribution in [0.5, 0.6) is 11.5 Å². The molecule has 0 atom stereocenters. The lowest BCUT2D eigenvalue weighted by Crippen LogP contribution is -2.34. The molecule has 0 saturated carbocycles. The Hall–Kier alpha value is -1.40. The number of aliphatic hydroxyl groups is 1. The highest BCUT2D eigenvalue weighted by Crippen LogP contribution is 2.32. The SMILES string of the molecule is CCOc1cccc(CNCC(C)(C)O)c1OC(F)F. The average Bonchev–Trinajstić information content (AvgIpc) is 2.31. The van der Waals surface area contributed by atoms with Gasteiger partial charge >= 0.3 is 6.61 Å². The Morgan fingerprint density at radius 3 is 2.60 bits per heavy atom. The molecule has 4 nitrogen and oxygen atoms in total. The first-order valence-corrected chi connectivity index (χ1v) is 6.46. The largest absolute Gasteiger partial charge is 0.490 e. The van der Waals surface area contributed by atoms with E-state index < -0.39 is 12.2 Å². The maximum Gasteiger partial charge on any atom is 0.387 e. The maximum absolute atomic E-state index is 12.5. The Bertz CT molecular complexity index is 419. The predicted octanol–water partition coefficient (Wildman–Crippen LogP) is 2.55. The second-order valence-corrected chi connectivity index (χ2v) is 4.97. The molecule has 0 aromatic heterocycles. The summed E-state index contributed by atoms with van der Waals surface area (Å²) in [5.74, 6) is 0.322. The molecule has 0 radical (unpaired) electrons. The van der Waals surface area contributed by atoms with Crippen molar-refractivity contribution < 1.29 is 23.4 Å². The molecule has 20 heavy (non-hydrogen) atoms. The third kappa shape index (κ3) is 5.71. The van der Waals surface area contributed by atoms with Gasteiger partial charge < -0.3 is 19.9 Å². The summed E-state index contributed by atoms with van der Waals surface area (Å²) in [4.78, 5) is 0. The number of ether oxygens (including phenoxy) is 2. The first kappa shape index (κ1) is 16.7. The molecule has 6 heteroatoms. The number of benzene rings is 1. The second kappa shape index (κ2) is 7.40. The summed E-state index contributed by atoms with van der Waals surface area (Å²) < 4.78 is 34.8. The van der Waals surface area contributed by atoms with Crippen LogP contribution in [0.1, 0.15) is 26.3 Å². The van der Waals surface area contributed by atoms with Gasteiger partial charge in [-0.25, -0.2) is 0 Å². The minimum absolute atomic E-state index is 0.0348. The number of alkyl halides is 2. The van der Waals surface area contributed by atoms with E-state index in [2.05, 4.69) is 10.1 Å². The van der Waals surface area contributed by atoms with Gasteiger partial charge in [-0.2, -0.15) is 8.78 Å². The highest BCUT2D eigenvalue weighted by molar-refractivity contribution is 5.46. The van der Waals surface area contributed by atoms with Crippen molar-refractivity contribution in [3.05, 3.63) is 23.8 Å². The fourth-order valence-corrected chi connectivity index (χ4v) is 1.70. The van der Waals surface area contributed by atoms with E-state index in [1.807, 2.05) is 0 Å². The number of nitrogens with one attached hydrogen (secondary N) is 1. The fourth-order valence-electron chi connectivity index (χ4n) is 1.70. The van der Waals surface area contributed by atoms with Crippen LogP contribution < -0.4 is 14.8 Å². The van der Waals surface area contributed by atoms with Gasteiger partial charge in [0.05, 0.1) is 12.2 Å². The highest BCUT2D eigenvalue weighted by Gasteiger charge is 2.17. The fraction of sp³-hybridized carbons (Fsp3) is 0.571. The van der Waals surface area contributed by atoms with Gasteiger partial charge in [0.1, 0.15) is 0 Å². The zero-order valence-corrected chi connectivity index (χ0v) is 12.0. The first-order chi connectivity index (χ1) is 9.33. The van der Waals surface area contributed by atoms with Crippen LogP contribution >= 0.6 is 0 Å². The summed E-state index contributed by atoms with van der Waals surface area (Å²) in [7, 11) is 0. The van der Waals surface area contributed by atoms with Crippen LogP contribution in [-0.2, 0) is 6.54 Å². The van der Waals surface area contributed by atoms with Crippen LogP contribution in [-0.4, -0.2) is 30.5 Å². The first-order valence-electron chi connectivity index (χ1n) is 6.46. The summed E-state index contributed by atoms with van der Waals surface area (Å²) in [5, 5.41) is 12.6. The molecule has 2 N–H and O–H groups in total. The van der Waals surface area contributed by atoms with E-state index in [1.165, 1.54) is 0 Å². The van der Waals surface area contributed by atoms with E-state index in [1.54, 1.807) is 39.0 Å². The minimum Gasteiger partial charge on any atom is -0.490 e. The van der Waals surface area contributed by atoms with Crippen molar-refractivity contribution in [2.75, 3.05) is 13.2 Å². The van der Waals surface area contributed by atoms with Crippen LogP contribution in [0.15, 0.2) is 18.2 Å². The van der Waals surface area contributed by atoms with Gasteiger partial charge in [-0.3, -0.25) is 0 Å². The number of para-hydroxylation sites is 1. The molecule has 0 fully saturated rings. The smallest absolute Gasteiger partial charge is 0.387 e. The Morgan fingerprint density at radius 1 is 1.35 bits per heavy atom. The molecule has 0 heterocycles. The molecule has 0 bridgehead atoms. The minimum atomic E-state index is -2.91. The van der Waals surface area contributed by atoms with Crippen molar-refractivity contribution in [1.29, 1.82) is 0 Å².